The van der Waals surface area contributed by atoms with Gasteiger partial charge in [0.05, 0.1) is 11.2 Å². The van der Waals surface area contributed by atoms with Gasteiger partial charge in [-0.3, -0.25) is 0 Å². The molecule has 5 rings (SSSR count). The topological polar surface area (TPSA) is 110 Å². The second-order valence-electron chi connectivity index (χ2n) is 10.5. The molecule has 2 N–H and O–H groups in total. The number of aliphatic hydroxyl groups excluding tert-OH is 1. The van der Waals surface area contributed by atoms with Crippen molar-refractivity contribution >= 4 is 23.3 Å². The van der Waals surface area contributed by atoms with E-state index in [1.807, 2.05) is 18.2 Å². The van der Waals surface area contributed by atoms with Crippen molar-refractivity contribution in [2.75, 3.05) is 0 Å². The van der Waals surface area contributed by atoms with Gasteiger partial charge in [-0.05, 0) is 63.1 Å². The van der Waals surface area contributed by atoms with Crippen molar-refractivity contribution in [3.05, 3.63) is 70.0 Å². The Bertz CT molecular complexity index is 1290. The lowest BCUT2D eigenvalue weighted by atomic mass is 9.76. The Morgan fingerprint density at radius 1 is 1.28 bits per heavy atom. The number of ether oxygens (including phenoxy) is 1. The lowest BCUT2D eigenvalue weighted by molar-refractivity contribution is -0.167. The third-order valence-corrected chi connectivity index (χ3v) is 7.79. The number of cyclic esters (lactones) is 1. The first-order valence-corrected chi connectivity index (χ1v) is 12.8. The quantitative estimate of drug-likeness (QED) is 0.436. The van der Waals surface area contributed by atoms with Gasteiger partial charge in [0.25, 0.3) is 5.78 Å². The Hall–Kier alpha value is -2.97. The largest absolute Gasteiger partial charge is 0.512 e. The summed E-state index contributed by atoms with van der Waals surface area (Å²) in [6.45, 7) is 3.41. The molecule has 1 saturated carbocycles. The maximum Gasteiger partial charge on any atom is 0.338 e. The highest BCUT2D eigenvalue weighted by Crippen LogP contribution is 2.46. The van der Waals surface area contributed by atoms with Gasteiger partial charge in [0.2, 0.25) is 0 Å². The molecule has 3 heterocycles. The molecular formula is C27H31ClN4O4. The third-order valence-electron chi connectivity index (χ3n) is 7.48. The highest BCUT2D eigenvalue weighted by Gasteiger charge is 2.48. The average Bonchev–Trinajstić information content (AvgIpc) is 3.49. The summed E-state index contributed by atoms with van der Waals surface area (Å²) in [7, 11) is 0. The van der Waals surface area contributed by atoms with E-state index in [4.69, 9.17) is 16.3 Å². The van der Waals surface area contributed by atoms with E-state index < -0.39 is 17.2 Å². The molecule has 0 saturated heterocycles. The van der Waals surface area contributed by atoms with Gasteiger partial charge in [-0.2, -0.15) is 4.98 Å². The molecule has 8 nitrogen and oxygen atoms in total. The Labute approximate surface area is 215 Å². The number of carbonyl (C=O) groups excluding carboxylic acids is 1. The predicted molar refractivity (Wildman–Crippen MR) is 135 cm³/mol. The van der Waals surface area contributed by atoms with Gasteiger partial charge in [-0.1, -0.05) is 36.6 Å². The lowest BCUT2D eigenvalue weighted by Crippen LogP contribution is -2.46. The Morgan fingerprint density at radius 3 is 2.72 bits per heavy atom. The maximum atomic E-state index is 13.3. The molecule has 1 aliphatic heterocycles. The summed E-state index contributed by atoms with van der Waals surface area (Å²) in [5.74, 6) is 0.579. The number of hydrogen-bond donors (Lipinski definition) is 2. The van der Waals surface area contributed by atoms with E-state index in [-0.39, 0.29) is 30.1 Å². The highest BCUT2D eigenvalue weighted by atomic mass is 35.5. The third kappa shape index (κ3) is 4.84. The monoisotopic (exact) mass is 510 g/mol. The minimum absolute atomic E-state index is 0.0559. The molecule has 1 unspecified atom stereocenters. The fourth-order valence-corrected chi connectivity index (χ4v) is 6.00. The molecule has 2 aromatic heterocycles. The zero-order valence-corrected chi connectivity index (χ0v) is 21.3. The fourth-order valence-electron chi connectivity index (χ4n) is 5.56. The summed E-state index contributed by atoms with van der Waals surface area (Å²) < 4.78 is 7.75. The number of benzene rings is 1. The molecule has 0 amide bonds. The first kappa shape index (κ1) is 24.7. The van der Waals surface area contributed by atoms with Crippen LogP contribution in [0.2, 0.25) is 5.02 Å². The second kappa shape index (κ2) is 9.48. The van der Waals surface area contributed by atoms with Gasteiger partial charge in [-0.25, -0.2) is 14.3 Å². The summed E-state index contributed by atoms with van der Waals surface area (Å²) >= 11 is 6.46. The van der Waals surface area contributed by atoms with Crippen molar-refractivity contribution in [1.82, 2.24) is 19.6 Å². The summed E-state index contributed by atoms with van der Waals surface area (Å²) in [4.78, 5) is 21.8. The standard InChI is InChI=1S/C27H31ClN4O4/c1-26(2,35)20-9-8-17(14-21(20)28)10-11-27(18-6-3-4-7-18)16-22(33)19(24(34)36-27)15-23-30-25-29-12-5-13-32(25)31-23/h5,8-9,12-14,18,33,35H,3-4,6-7,10-11,15-16H2,1-2H3. The Balaban J connectivity index is 1.38. The van der Waals surface area contributed by atoms with Crippen LogP contribution in [-0.2, 0) is 28.0 Å². The van der Waals surface area contributed by atoms with Gasteiger partial charge in [0.15, 0.2) is 5.82 Å². The van der Waals surface area contributed by atoms with Gasteiger partial charge < -0.3 is 14.9 Å². The molecule has 2 aliphatic rings. The number of carbonyl (C=O) groups is 1. The Kier molecular flexibility index (Phi) is 6.51. The van der Waals surface area contributed by atoms with Gasteiger partial charge in [0.1, 0.15) is 11.4 Å². The van der Waals surface area contributed by atoms with Crippen LogP contribution in [0.25, 0.3) is 5.78 Å². The molecule has 190 valence electrons. The minimum atomic E-state index is -1.03. The van der Waals surface area contributed by atoms with Crippen LogP contribution in [0.5, 0.6) is 0 Å². The van der Waals surface area contributed by atoms with Crippen LogP contribution in [-0.4, -0.2) is 41.4 Å². The van der Waals surface area contributed by atoms with Crippen molar-refractivity contribution in [1.29, 1.82) is 0 Å². The summed E-state index contributed by atoms with van der Waals surface area (Å²) in [6, 6.07) is 7.42. The number of nitrogens with zero attached hydrogens (tertiary/aromatic N) is 4. The van der Waals surface area contributed by atoms with E-state index in [2.05, 4.69) is 15.1 Å². The van der Waals surface area contributed by atoms with Crippen molar-refractivity contribution < 1.29 is 19.7 Å². The summed E-state index contributed by atoms with van der Waals surface area (Å²) in [5, 5.41) is 26.3. The van der Waals surface area contributed by atoms with Crippen molar-refractivity contribution in [2.45, 2.75) is 76.4 Å². The molecule has 0 bridgehead atoms. The van der Waals surface area contributed by atoms with E-state index in [0.717, 1.165) is 31.2 Å². The Morgan fingerprint density at radius 2 is 2.06 bits per heavy atom. The molecule has 3 aromatic rings. The van der Waals surface area contributed by atoms with Crippen LogP contribution in [0.15, 0.2) is 48.0 Å². The zero-order chi connectivity index (χ0) is 25.5. The van der Waals surface area contributed by atoms with E-state index in [9.17, 15) is 15.0 Å². The molecule has 1 fully saturated rings. The molecule has 9 heteroatoms. The van der Waals surface area contributed by atoms with E-state index in [1.54, 1.807) is 32.3 Å². The molecule has 1 aliphatic carbocycles. The molecule has 1 aromatic carbocycles. The van der Waals surface area contributed by atoms with Crippen LogP contribution in [0.1, 0.15) is 69.3 Å². The number of aryl methyl sites for hydroxylation is 1. The first-order valence-electron chi connectivity index (χ1n) is 12.5. The number of fused-ring (bicyclic) bond motifs is 1. The van der Waals surface area contributed by atoms with Crippen molar-refractivity contribution in [3.8, 4) is 0 Å². The van der Waals surface area contributed by atoms with Crippen LogP contribution < -0.4 is 0 Å². The van der Waals surface area contributed by atoms with Crippen LogP contribution in [0.3, 0.4) is 0 Å². The first-order chi connectivity index (χ1) is 17.1. The molecular weight excluding hydrogens is 480 g/mol. The van der Waals surface area contributed by atoms with Crippen LogP contribution in [0, 0.1) is 5.92 Å². The summed E-state index contributed by atoms with van der Waals surface area (Å²) in [5.41, 5.74) is 0.0761. The molecule has 36 heavy (non-hydrogen) atoms. The lowest BCUT2D eigenvalue weighted by Gasteiger charge is -2.41. The number of halogens is 1. The van der Waals surface area contributed by atoms with E-state index in [1.165, 1.54) is 4.52 Å². The van der Waals surface area contributed by atoms with Crippen LogP contribution >= 0.6 is 11.6 Å². The van der Waals surface area contributed by atoms with Crippen LogP contribution in [0.4, 0.5) is 0 Å². The average molecular weight is 511 g/mol. The second-order valence-corrected chi connectivity index (χ2v) is 10.9. The number of rotatable bonds is 7. The SMILES string of the molecule is CC(C)(O)c1ccc(CCC2(C3CCCC3)CC(O)=C(Cc3nc4ncccn4n3)C(=O)O2)cc1Cl. The number of esters is 1. The summed E-state index contributed by atoms with van der Waals surface area (Å²) in [6.07, 6.45) is 9.05. The minimum Gasteiger partial charge on any atom is -0.512 e. The number of aromatic nitrogens is 4. The smallest absolute Gasteiger partial charge is 0.338 e. The van der Waals surface area contributed by atoms with E-state index in [0.29, 0.717) is 35.0 Å². The zero-order valence-electron chi connectivity index (χ0n) is 20.6. The molecule has 0 radical (unpaired) electrons. The van der Waals surface area contributed by atoms with Crippen molar-refractivity contribution in [3.63, 3.8) is 0 Å². The number of aliphatic hydroxyl groups is 2. The van der Waals surface area contributed by atoms with Crippen molar-refractivity contribution in [2.24, 2.45) is 5.92 Å². The maximum absolute atomic E-state index is 13.3. The van der Waals surface area contributed by atoms with E-state index >= 15 is 0 Å². The normalized spacial score (nSPS) is 21.4. The fraction of sp³-hybridized carbons (Fsp3) is 0.481. The molecule has 0 spiro atoms. The highest BCUT2D eigenvalue weighted by molar-refractivity contribution is 6.31. The molecule has 1 atom stereocenters. The van der Waals surface area contributed by atoms with Gasteiger partial charge >= 0.3 is 5.97 Å². The van der Waals surface area contributed by atoms with Gasteiger partial charge in [-0.15, -0.1) is 5.10 Å². The van der Waals surface area contributed by atoms with Gasteiger partial charge in [0, 0.05) is 35.8 Å². The number of hydrogen-bond acceptors (Lipinski definition) is 7. The predicted octanol–water partition coefficient (Wildman–Crippen LogP) is 4.87.